The first-order valence-electron chi connectivity index (χ1n) is 6.08. The maximum atomic E-state index is 11.9. The number of amides is 1. The standard InChI is InChI=1S/C13H18N2O2/c1-8-6-12(16)11(7-14-8)13(17)15-9(2)10-4-3-5-10/h6-7,9-10H,3-5H2,1-2H3,(H,14,16)(H,15,17). The van der Waals surface area contributed by atoms with Crippen molar-refractivity contribution in [2.24, 2.45) is 5.92 Å². The van der Waals surface area contributed by atoms with E-state index >= 15 is 0 Å². The highest BCUT2D eigenvalue weighted by molar-refractivity contribution is 5.93. The Bertz CT molecular complexity index is 475. The van der Waals surface area contributed by atoms with Crippen molar-refractivity contribution in [3.63, 3.8) is 0 Å². The summed E-state index contributed by atoms with van der Waals surface area (Å²) in [6.07, 6.45) is 5.08. The van der Waals surface area contributed by atoms with Gasteiger partial charge in [0.2, 0.25) is 0 Å². The summed E-state index contributed by atoms with van der Waals surface area (Å²) in [5.41, 5.74) is 0.736. The maximum Gasteiger partial charge on any atom is 0.256 e. The van der Waals surface area contributed by atoms with E-state index < -0.39 is 0 Å². The van der Waals surface area contributed by atoms with E-state index in [4.69, 9.17) is 0 Å². The van der Waals surface area contributed by atoms with Gasteiger partial charge >= 0.3 is 0 Å². The van der Waals surface area contributed by atoms with Crippen LogP contribution < -0.4 is 10.7 Å². The van der Waals surface area contributed by atoms with Gasteiger partial charge in [0.1, 0.15) is 5.56 Å². The molecule has 1 atom stereocenters. The van der Waals surface area contributed by atoms with Gasteiger partial charge < -0.3 is 10.3 Å². The molecule has 17 heavy (non-hydrogen) atoms. The first kappa shape index (κ1) is 11.9. The molecule has 1 aromatic rings. The molecule has 1 heterocycles. The summed E-state index contributed by atoms with van der Waals surface area (Å²) < 4.78 is 0. The monoisotopic (exact) mass is 234 g/mol. The van der Waals surface area contributed by atoms with Gasteiger partial charge in [-0.15, -0.1) is 0 Å². The molecule has 92 valence electrons. The molecule has 1 aliphatic rings. The first-order valence-corrected chi connectivity index (χ1v) is 6.08. The Labute approximate surface area is 100 Å². The maximum absolute atomic E-state index is 11.9. The van der Waals surface area contributed by atoms with E-state index in [9.17, 15) is 9.59 Å². The van der Waals surface area contributed by atoms with E-state index in [1.165, 1.54) is 31.5 Å². The molecule has 0 radical (unpaired) electrons. The number of H-pyrrole nitrogens is 1. The van der Waals surface area contributed by atoms with Gasteiger partial charge in [-0.2, -0.15) is 0 Å². The number of aryl methyl sites for hydroxylation is 1. The lowest BCUT2D eigenvalue weighted by molar-refractivity contribution is 0.0908. The van der Waals surface area contributed by atoms with Gasteiger partial charge in [-0.1, -0.05) is 6.42 Å². The predicted octanol–water partition coefficient (Wildman–Crippen LogP) is 1.60. The van der Waals surface area contributed by atoms with Crippen molar-refractivity contribution in [1.82, 2.24) is 10.3 Å². The average molecular weight is 234 g/mol. The SMILES string of the molecule is Cc1cc(=O)c(C(=O)NC(C)C2CCC2)c[nH]1. The van der Waals surface area contributed by atoms with E-state index in [1.54, 1.807) is 6.92 Å². The number of carbonyl (C=O) groups excluding carboxylic acids is 1. The minimum absolute atomic E-state index is 0.150. The van der Waals surface area contributed by atoms with Gasteiger partial charge in [0.15, 0.2) is 5.43 Å². The summed E-state index contributed by atoms with van der Waals surface area (Å²) in [5, 5.41) is 2.90. The van der Waals surface area contributed by atoms with Crippen LogP contribution in [0.25, 0.3) is 0 Å². The quantitative estimate of drug-likeness (QED) is 0.834. The van der Waals surface area contributed by atoms with Crippen molar-refractivity contribution in [3.05, 3.63) is 33.7 Å². The highest BCUT2D eigenvalue weighted by Crippen LogP contribution is 2.29. The van der Waals surface area contributed by atoms with Crippen LogP contribution in [0.15, 0.2) is 17.1 Å². The van der Waals surface area contributed by atoms with Crippen molar-refractivity contribution >= 4 is 5.91 Å². The summed E-state index contributed by atoms with van der Waals surface area (Å²) in [6, 6.07) is 1.60. The zero-order chi connectivity index (χ0) is 12.4. The molecule has 4 heteroatoms. The van der Waals surface area contributed by atoms with Crippen molar-refractivity contribution < 1.29 is 4.79 Å². The van der Waals surface area contributed by atoms with E-state index in [2.05, 4.69) is 10.3 Å². The average Bonchev–Trinajstić information content (AvgIpc) is 2.13. The number of nitrogens with one attached hydrogen (secondary N) is 2. The van der Waals surface area contributed by atoms with Crippen LogP contribution in [0.2, 0.25) is 0 Å². The Morgan fingerprint density at radius 3 is 2.76 bits per heavy atom. The Hall–Kier alpha value is -1.58. The molecule has 0 spiro atoms. The predicted molar refractivity (Wildman–Crippen MR) is 66.1 cm³/mol. The van der Waals surface area contributed by atoms with Crippen LogP contribution in [-0.4, -0.2) is 16.9 Å². The summed E-state index contributed by atoms with van der Waals surface area (Å²) >= 11 is 0. The third-order valence-electron chi connectivity index (χ3n) is 3.52. The fourth-order valence-electron chi connectivity index (χ4n) is 2.09. The molecule has 1 aromatic heterocycles. The number of rotatable bonds is 3. The fourth-order valence-corrected chi connectivity index (χ4v) is 2.09. The molecule has 0 saturated heterocycles. The molecule has 1 amide bonds. The third-order valence-corrected chi connectivity index (χ3v) is 3.52. The number of pyridine rings is 1. The second-order valence-corrected chi connectivity index (χ2v) is 4.85. The van der Waals surface area contributed by atoms with Crippen LogP contribution in [0.1, 0.15) is 42.2 Å². The Morgan fingerprint density at radius 1 is 1.53 bits per heavy atom. The highest BCUT2D eigenvalue weighted by Gasteiger charge is 2.25. The fraction of sp³-hybridized carbons (Fsp3) is 0.538. The van der Waals surface area contributed by atoms with Crippen LogP contribution in [-0.2, 0) is 0 Å². The number of hydrogen-bond donors (Lipinski definition) is 2. The second kappa shape index (κ2) is 4.73. The minimum atomic E-state index is -0.273. The lowest BCUT2D eigenvalue weighted by atomic mass is 9.80. The molecule has 1 saturated carbocycles. The largest absolute Gasteiger partial charge is 0.364 e. The van der Waals surface area contributed by atoms with E-state index in [0.29, 0.717) is 5.92 Å². The zero-order valence-corrected chi connectivity index (χ0v) is 10.2. The molecule has 2 N–H and O–H groups in total. The van der Waals surface area contributed by atoms with Crippen LogP contribution in [0.3, 0.4) is 0 Å². The molecule has 0 aliphatic heterocycles. The lowest BCUT2D eigenvalue weighted by Gasteiger charge is -2.31. The molecular weight excluding hydrogens is 216 g/mol. The molecule has 0 aromatic carbocycles. The summed E-state index contributed by atoms with van der Waals surface area (Å²) in [7, 11) is 0. The number of hydrogen-bond acceptors (Lipinski definition) is 2. The van der Waals surface area contributed by atoms with Gasteiger partial charge in [0, 0.05) is 24.0 Å². The summed E-state index contributed by atoms with van der Waals surface area (Å²) in [4.78, 5) is 26.4. The Balaban J connectivity index is 2.06. The lowest BCUT2D eigenvalue weighted by Crippen LogP contribution is -2.42. The summed E-state index contributed by atoms with van der Waals surface area (Å²) in [6.45, 7) is 3.80. The molecule has 1 aliphatic carbocycles. The van der Waals surface area contributed by atoms with E-state index in [1.807, 2.05) is 6.92 Å². The van der Waals surface area contributed by atoms with Crippen LogP contribution >= 0.6 is 0 Å². The van der Waals surface area contributed by atoms with Crippen molar-refractivity contribution in [1.29, 1.82) is 0 Å². The van der Waals surface area contributed by atoms with Gasteiger partial charge in [-0.05, 0) is 32.6 Å². The minimum Gasteiger partial charge on any atom is -0.364 e. The molecule has 4 nitrogen and oxygen atoms in total. The van der Waals surface area contributed by atoms with E-state index in [-0.39, 0.29) is 22.9 Å². The third kappa shape index (κ3) is 2.57. The van der Waals surface area contributed by atoms with Gasteiger partial charge in [-0.25, -0.2) is 0 Å². The number of carbonyl (C=O) groups is 1. The van der Waals surface area contributed by atoms with Crippen LogP contribution in [0.4, 0.5) is 0 Å². The second-order valence-electron chi connectivity index (χ2n) is 4.85. The Morgan fingerprint density at radius 2 is 2.24 bits per heavy atom. The van der Waals surface area contributed by atoms with Crippen LogP contribution in [0.5, 0.6) is 0 Å². The highest BCUT2D eigenvalue weighted by atomic mass is 16.2. The number of aromatic nitrogens is 1. The van der Waals surface area contributed by atoms with Gasteiger partial charge in [-0.3, -0.25) is 9.59 Å². The molecular formula is C13H18N2O2. The topological polar surface area (TPSA) is 62.0 Å². The van der Waals surface area contributed by atoms with Crippen molar-refractivity contribution in [2.75, 3.05) is 0 Å². The summed E-state index contributed by atoms with van der Waals surface area (Å²) in [5.74, 6) is 0.300. The van der Waals surface area contributed by atoms with Gasteiger partial charge in [0.25, 0.3) is 5.91 Å². The normalized spacial score (nSPS) is 17.3. The molecule has 1 fully saturated rings. The van der Waals surface area contributed by atoms with Crippen molar-refractivity contribution in [3.8, 4) is 0 Å². The van der Waals surface area contributed by atoms with Crippen molar-refractivity contribution in [2.45, 2.75) is 39.2 Å². The Kier molecular flexibility index (Phi) is 3.31. The molecule has 2 rings (SSSR count). The smallest absolute Gasteiger partial charge is 0.256 e. The van der Waals surface area contributed by atoms with Crippen LogP contribution in [0, 0.1) is 12.8 Å². The first-order chi connectivity index (χ1) is 8.08. The molecule has 0 bridgehead atoms. The van der Waals surface area contributed by atoms with E-state index in [0.717, 1.165) is 5.69 Å². The van der Waals surface area contributed by atoms with Gasteiger partial charge in [0.05, 0.1) is 0 Å². The molecule has 1 unspecified atom stereocenters. The number of aromatic amines is 1. The zero-order valence-electron chi connectivity index (χ0n) is 10.2.